The van der Waals surface area contributed by atoms with Crippen molar-refractivity contribution in [1.82, 2.24) is 9.88 Å². The van der Waals surface area contributed by atoms with E-state index in [1.165, 1.54) is 0 Å². The van der Waals surface area contributed by atoms with Crippen molar-refractivity contribution >= 4 is 33.3 Å². The molecule has 1 fully saturated rings. The number of aryl methyl sites for hydroxylation is 1. The van der Waals surface area contributed by atoms with Crippen molar-refractivity contribution in [2.45, 2.75) is 25.9 Å². The predicted molar refractivity (Wildman–Crippen MR) is 105 cm³/mol. The Labute approximate surface area is 156 Å². The summed E-state index contributed by atoms with van der Waals surface area (Å²) < 4.78 is 7.19. The van der Waals surface area contributed by atoms with E-state index < -0.39 is 0 Å². The quantitative estimate of drug-likeness (QED) is 0.731. The zero-order valence-corrected chi connectivity index (χ0v) is 15.5. The lowest BCUT2D eigenvalue weighted by Gasteiger charge is -2.31. The first kappa shape index (κ1) is 16.8. The molecule has 2 amide bonds. The van der Waals surface area contributed by atoms with Crippen molar-refractivity contribution in [2.24, 2.45) is 0 Å². The van der Waals surface area contributed by atoms with Gasteiger partial charge in [0.1, 0.15) is 6.10 Å². The number of hydrogen-bond donors (Lipinski definition) is 1. The van der Waals surface area contributed by atoms with E-state index in [1.54, 1.807) is 11.3 Å². The summed E-state index contributed by atoms with van der Waals surface area (Å²) in [6, 6.07) is 15.8. The normalized spacial score (nSPS) is 15.2. The smallest absolute Gasteiger partial charge is 0.321 e. The molecule has 1 N–H and O–H groups in total. The topological polar surface area (TPSA) is 54.5 Å². The molecule has 1 saturated heterocycles. The van der Waals surface area contributed by atoms with Gasteiger partial charge in [0, 0.05) is 31.6 Å². The summed E-state index contributed by atoms with van der Waals surface area (Å²) in [5, 5.41) is 3.69. The number of thiazole rings is 1. The number of anilines is 1. The largest absolute Gasteiger partial charge is 0.467 e. The predicted octanol–water partition coefficient (Wildman–Crippen LogP) is 4.68. The number of piperidine rings is 1. The molecule has 5 nitrogen and oxygen atoms in total. The van der Waals surface area contributed by atoms with Gasteiger partial charge in [-0.1, -0.05) is 35.6 Å². The van der Waals surface area contributed by atoms with Crippen molar-refractivity contribution in [3.63, 3.8) is 0 Å². The van der Waals surface area contributed by atoms with Crippen LogP contribution in [0.5, 0.6) is 5.19 Å². The maximum absolute atomic E-state index is 12.4. The van der Waals surface area contributed by atoms with Gasteiger partial charge in [-0.25, -0.2) is 9.78 Å². The second kappa shape index (κ2) is 7.33. The Balaban J connectivity index is 1.31. The number of rotatable bonds is 3. The molecule has 2 aromatic carbocycles. The van der Waals surface area contributed by atoms with E-state index in [2.05, 4.69) is 16.4 Å². The van der Waals surface area contributed by atoms with E-state index in [1.807, 2.05) is 54.3 Å². The first-order chi connectivity index (χ1) is 12.7. The lowest BCUT2D eigenvalue weighted by molar-refractivity contribution is 0.115. The number of ether oxygens (including phenoxy) is 1. The third-order valence-electron chi connectivity index (χ3n) is 4.54. The van der Waals surface area contributed by atoms with Gasteiger partial charge >= 0.3 is 6.03 Å². The third kappa shape index (κ3) is 3.80. The fourth-order valence-corrected chi connectivity index (χ4v) is 4.03. The molecule has 0 saturated carbocycles. The number of urea groups is 1. The molecule has 0 radical (unpaired) electrons. The molecule has 0 aliphatic carbocycles. The van der Waals surface area contributed by atoms with Crippen molar-refractivity contribution in [3.8, 4) is 5.19 Å². The van der Waals surface area contributed by atoms with Gasteiger partial charge in [-0.15, -0.1) is 0 Å². The zero-order valence-electron chi connectivity index (χ0n) is 14.6. The monoisotopic (exact) mass is 367 g/mol. The summed E-state index contributed by atoms with van der Waals surface area (Å²) in [7, 11) is 0. The van der Waals surface area contributed by atoms with Crippen LogP contribution in [0.2, 0.25) is 0 Å². The molecule has 0 spiro atoms. The van der Waals surface area contributed by atoms with Gasteiger partial charge in [-0.3, -0.25) is 0 Å². The molecule has 26 heavy (non-hydrogen) atoms. The minimum Gasteiger partial charge on any atom is -0.467 e. The number of hydrogen-bond acceptors (Lipinski definition) is 4. The van der Waals surface area contributed by atoms with Crippen LogP contribution >= 0.6 is 11.3 Å². The van der Waals surface area contributed by atoms with Gasteiger partial charge in [0.05, 0.1) is 10.2 Å². The molecule has 1 aliphatic heterocycles. The lowest BCUT2D eigenvalue weighted by atomic mass is 10.1. The zero-order chi connectivity index (χ0) is 17.9. The van der Waals surface area contributed by atoms with Crippen molar-refractivity contribution in [2.75, 3.05) is 18.4 Å². The van der Waals surface area contributed by atoms with Gasteiger partial charge in [0.2, 0.25) is 0 Å². The molecule has 3 aromatic rings. The molecule has 0 bridgehead atoms. The Morgan fingerprint density at radius 2 is 2.00 bits per heavy atom. The van der Waals surface area contributed by atoms with Crippen molar-refractivity contribution in [3.05, 3.63) is 54.1 Å². The van der Waals surface area contributed by atoms with Crippen molar-refractivity contribution in [1.29, 1.82) is 0 Å². The van der Waals surface area contributed by atoms with Crippen LogP contribution in [-0.2, 0) is 0 Å². The van der Waals surface area contributed by atoms with E-state index in [-0.39, 0.29) is 12.1 Å². The fourth-order valence-electron chi connectivity index (χ4n) is 3.15. The average Bonchev–Trinajstić information content (AvgIpc) is 3.04. The summed E-state index contributed by atoms with van der Waals surface area (Å²) in [4.78, 5) is 18.8. The molecule has 1 aliphatic rings. The van der Waals surface area contributed by atoms with Gasteiger partial charge in [-0.2, -0.15) is 0 Å². The van der Waals surface area contributed by atoms with Crippen LogP contribution in [0.15, 0.2) is 48.5 Å². The average molecular weight is 367 g/mol. The van der Waals surface area contributed by atoms with E-state index in [0.717, 1.165) is 34.3 Å². The maximum atomic E-state index is 12.4. The molecule has 0 atom stereocenters. The molecular formula is C20H21N3O2S. The molecule has 6 heteroatoms. The number of nitrogens with one attached hydrogen (secondary N) is 1. The van der Waals surface area contributed by atoms with Crippen LogP contribution in [0, 0.1) is 6.92 Å². The van der Waals surface area contributed by atoms with E-state index in [0.29, 0.717) is 18.3 Å². The number of fused-ring (bicyclic) bond motifs is 1. The summed E-state index contributed by atoms with van der Waals surface area (Å²) in [6.45, 7) is 3.39. The molecule has 1 aromatic heterocycles. The highest BCUT2D eigenvalue weighted by Crippen LogP contribution is 2.29. The number of amides is 2. The van der Waals surface area contributed by atoms with Crippen LogP contribution in [0.4, 0.5) is 10.5 Å². The van der Waals surface area contributed by atoms with Crippen LogP contribution < -0.4 is 10.1 Å². The standard InChI is InChI=1S/C20H21N3O2S/c1-14-5-4-6-15(13-14)21-19(24)23-11-9-16(10-12-23)25-20-22-17-7-2-3-8-18(17)26-20/h2-8,13,16H,9-12H2,1H3,(H,21,24). The van der Waals surface area contributed by atoms with Gasteiger partial charge in [0.15, 0.2) is 0 Å². The van der Waals surface area contributed by atoms with E-state index >= 15 is 0 Å². The summed E-state index contributed by atoms with van der Waals surface area (Å²) in [6.07, 6.45) is 1.74. The lowest BCUT2D eigenvalue weighted by Crippen LogP contribution is -2.43. The minimum absolute atomic E-state index is 0.0472. The van der Waals surface area contributed by atoms with E-state index in [9.17, 15) is 4.79 Å². The van der Waals surface area contributed by atoms with Crippen LogP contribution in [0.1, 0.15) is 18.4 Å². The van der Waals surface area contributed by atoms with Crippen molar-refractivity contribution < 1.29 is 9.53 Å². The minimum atomic E-state index is -0.0472. The summed E-state index contributed by atoms with van der Waals surface area (Å²) in [5.41, 5.74) is 2.94. The van der Waals surface area contributed by atoms with Crippen LogP contribution in [0.25, 0.3) is 10.2 Å². The third-order valence-corrected chi connectivity index (χ3v) is 5.47. The summed E-state index contributed by atoms with van der Waals surface area (Å²) in [5.74, 6) is 0. The molecular weight excluding hydrogens is 346 g/mol. The number of para-hydroxylation sites is 1. The molecule has 4 rings (SSSR count). The first-order valence-corrected chi connectivity index (χ1v) is 9.64. The number of benzene rings is 2. The number of carbonyl (C=O) groups is 1. The first-order valence-electron chi connectivity index (χ1n) is 8.82. The van der Waals surface area contributed by atoms with Gasteiger partial charge in [0.25, 0.3) is 5.19 Å². The number of nitrogens with zero attached hydrogens (tertiary/aromatic N) is 2. The highest BCUT2D eigenvalue weighted by atomic mass is 32.1. The van der Waals surface area contributed by atoms with E-state index in [4.69, 9.17) is 4.74 Å². The Bertz CT molecular complexity index is 883. The molecule has 0 unspecified atom stereocenters. The van der Waals surface area contributed by atoms with Crippen LogP contribution in [-0.4, -0.2) is 35.1 Å². The summed E-state index contributed by atoms with van der Waals surface area (Å²) >= 11 is 1.57. The van der Waals surface area contributed by atoms with Gasteiger partial charge in [-0.05, 0) is 36.8 Å². The Hall–Kier alpha value is -2.60. The molecule has 2 heterocycles. The number of carbonyl (C=O) groups excluding carboxylic acids is 1. The van der Waals surface area contributed by atoms with Gasteiger partial charge < -0.3 is 15.0 Å². The Kier molecular flexibility index (Phi) is 4.75. The SMILES string of the molecule is Cc1cccc(NC(=O)N2CCC(Oc3nc4ccccc4s3)CC2)c1. The highest BCUT2D eigenvalue weighted by molar-refractivity contribution is 7.20. The fraction of sp³-hybridized carbons (Fsp3) is 0.300. The molecule has 134 valence electrons. The highest BCUT2D eigenvalue weighted by Gasteiger charge is 2.24. The number of likely N-dealkylation sites (tertiary alicyclic amines) is 1. The number of aromatic nitrogens is 1. The maximum Gasteiger partial charge on any atom is 0.321 e. The second-order valence-electron chi connectivity index (χ2n) is 6.55. The van der Waals surface area contributed by atoms with Crippen LogP contribution in [0.3, 0.4) is 0 Å². The Morgan fingerprint density at radius 1 is 1.19 bits per heavy atom. The Morgan fingerprint density at radius 3 is 2.77 bits per heavy atom. The second-order valence-corrected chi connectivity index (χ2v) is 7.54.